The third-order valence-electron chi connectivity index (χ3n) is 2.10. The number of hydrogen-bond donors (Lipinski definition) is 3. The van der Waals surface area contributed by atoms with E-state index in [0.717, 1.165) is 5.56 Å². The maximum Gasteiger partial charge on any atom is 0.248 e. The van der Waals surface area contributed by atoms with Crippen LogP contribution in [0.15, 0.2) is 24.3 Å². The van der Waals surface area contributed by atoms with Crippen LogP contribution in [0.2, 0.25) is 0 Å². The summed E-state index contributed by atoms with van der Waals surface area (Å²) in [5.74, 6) is -0.470. The second kappa shape index (κ2) is 4.21. The van der Waals surface area contributed by atoms with Gasteiger partial charge in [-0.2, -0.15) is 0 Å². The first-order valence-corrected chi connectivity index (χ1v) is 4.36. The van der Waals surface area contributed by atoms with E-state index in [1.807, 2.05) is 0 Å². The summed E-state index contributed by atoms with van der Waals surface area (Å²) in [5.41, 5.74) is 12.0. The second-order valence-corrected chi connectivity index (χ2v) is 3.25. The first-order chi connectivity index (χ1) is 6.52. The molecule has 0 radical (unpaired) electrons. The first kappa shape index (κ1) is 10.7. The summed E-state index contributed by atoms with van der Waals surface area (Å²) in [5, 5.41) is 9.24. The van der Waals surface area contributed by atoms with Crippen LogP contribution in [-0.4, -0.2) is 17.1 Å². The molecule has 0 aliphatic carbocycles. The Kier molecular flexibility index (Phi) is 3.22. The van der Waals surface area contributed by atoms with Crippen molar-refractivity contribution in [2.45, 2.75) is 19.1 Å². The summed E-state index contributed by atoms with van der Waals surface area (Å²) in [6.07, 6.45) is -0.616. The van der Waals surface area contributed by atoms with E-state index in [4.69, 9.17) is 11.5 Å². The molecular weight excluding hydrogens is 180 g/mol. The van der Waals surface area contributed by atoms with Crippen LogP contribution in [0.5, 0.6) is 0 Å². The van der Waals surface area contributed by atoms with Gasteiger partial charge in [0.2, 0.25) is 5.91 Å². The van der Waals surface area contributed by atoms with E-state index in [1.165, 1.54) is 0 Å². The van der Waals surface area contributed by atoms with Gasteiger partial charge in [0.25, 0.3) is 0 Å². The predicted molar refractivity (Wildman–Crippen MR) is 53.6 cm³/mol. The molecule has 0 saturated heterocycles. The largest absolute Gasteiger partial charge is 0.391 e. The molecule has 1 rings (SSSR count). The lowest BCUT2D eigenvalue weighted by atomic mass is 10.0. The van der Waals surface area contributed by atoms with Gasteiger partial charge in [0.1, 0.15) is 0 Å². The van der Waals surface area contributed by atoms with Gasteiger partial charge in [-0.25, -0.2) is 0 Å². The molecule has 0 aliphatic heterocycles. The maximum atomic E-state index is 10.8. The van der Waals surface area contributed by atoms with Crippen LogP contribution in [0, 0.1) is 0 Å². The number of carbonyl (C=O) groups excluding carboxylic acids is 1. The number of amides is 1. The number of nitrogens with two attached hydrogens (primary N) is 2. The number of benzene rings is 1. The molecule has 0 aliphatic rings. The Morgan fingerprint density at radius 1 is 1.36 bits per heavy atom. The number of aliphatic hydroxyl groups is 1. The molecule has 0 spiro atoms. The average Bonchev–Trinajstić information content (AvgIpc) is 2.16. The zero-order valence-corrected chi connectivity index (χ0v) is 7.97. The van der Waals surface area contributed by atoms with Gasteiger partial charge in [0.15, 0.2) is 0 Å². The van der Waals surface area contributed by atoms with Gasteiger partial charge in [-0.05, 0) is 24.6 Å². The standard InChI is InChI=1S/C10H14N2O2/c1-6(13)9(11)7-2-4-8(5-3-7)10(12)14/h2-6,9,13H,11H2,1H3,(H2,12,14)/t6-,9+/m0/s1. The smallest absolute Gasteiger partial charge is 0.248 e. The van der Waals surface area contributed by atoms with Gasteiger partial charge in [0, 0.05) is 5.56 Å². The zero-order valence-electron chi connectivity index (χ0n) is 7.97. The molecule has 5 N–H and O–H groups in total. The van der Waals surface area contributed by atoms with E-state index in [9.17, 15) is 9.90 Å². The van der Waals surface area contributed by atoms with Crippen LogP contribution in [0.4, 0.5) is 0 Å². The van der Waals surface area contributed by atoms with Crippen LogP contribution >= 0.6 is 0 Å². The van der Waals surface area contributed by atoms with Crippen molar-refractivity contribution in [1.29, 1.82) is 0 Å². The van der Waals surface area contributed by atoms with Crippen molar-refractivity contribution in [3.8, 4) is 0 Å². The summed E-state index contributed by atoms with van der Waals surface area (Å²) in [6.45, 7) is 1.62. The molecule has 4 nitrogen and oxygen atoms in total. The van der Waals surface area contributed by atoms with Crippen LogP contribution in [0.1, 0.15) is 28.9 Å². The fraction of sp³-hybridized carbons (Fsp3) is 0.300. The van der Waals surface area contributed by atoms with Gasteiger partial charge in [-0.15, -0.1) is 0 Å². The van der Waals surface area contributed by atoms with E-state index in [0.29, 0.717) is 5.56 Å². The van der Waals surface area contributed by atoms with E-state index < -0.39 is 18.1 Å². The molecule has 4 heteroatoms. The fourth-order valence-electron chi connectivity index (χ4n) is 1.15. The van der Waals surface area contributed by atoms with Crippen LogP contribution in [0.3, 0.4) is 0 Å². The Balaban J connectivity index is 2.88. The molecule has 0 aromatic heterocycles. The molecule has 1 amide bonds. The number of rotatable bonds is 3. The minimum atomic E-state index is -0.616. The van der Waals surface area contributed by atoms with Crippen molar-refractivity contribution in [2.75, 3.05) is 0 Å². The molecule has 1 aromatic rings. The van der Waals surface area contributed by atoms with Crippen LogP contribution in [0.25, 0.3) is 0 Å². The molecule has 76 valence electrons. The monoisotopic (exact) mass is 194 g/mol. The van der Waals surface area contributed by atoms with E-state index in [2.05, 4.69) is 0 Å². The Morgan fingerprint density at radius 2 is 1.86 bits per heavy atom. The normalized spacial score (nSPS) is 14.8. The minimum absolute atomic E-state index is 0.433. The van der Waals surface area contributed by atoms with Crippen molar-refractivity contribution in [1.82, 2.24) is 0 Å². The van der Waals surface area contributed by atoms with Crippen LogP contribution < -0.4 is 11.5 Å². The topological polar surface area (TPSA) is 89.3 Å². The van der Waals surface area contributed by atoms with Crippen molar-refractivity contribution in [2.24, 2.45) is 11.5 Å². The van der Waals surface area contributed by atoms with E-state index in [1.54, 1.807) is 31.2 Å². The third kappa shape index (κ3) is 2.31. The van der Waals surface area contributed by atoms with Gasteiger partial charge in [0.05, 0.1) is 12.1 Å². The van der Waals surface area contributed by atoms with Gasteiger partial charge in [-0.1, -0.05) is 12.1 Å². The number of primary amides is 1. The van der Waals surface area contributed by atoms with Crippen molar-refractivity contribution in [3.63, 3.8) is 0 Å². The molecule has 0 fully saturated rings. The Labute approximate surface area is 82.5 Å². The van der Waals surface area contributed by atoms with Crippen molar-refractivity contribution >= 4 is 5.91 Å². The number of carbonyl (C=O) groups is 1. The SMILES string of the molecule is C[C@H](O)[C@@H](N)c1ccc(C(N)=O)cc1. The highest BCUT2D eigenvalue weighted by Gasteiger charge is 2.11. The molecule has 0 unspecified atom stereocenters. The van der Waals surface area contributed by atoms with Gasteiger partial charge < -0.3 is 16.6 Å². The third-order valence-corrected chi connectivity index (χ3v) is 2.10. The first-order valence-electron chi connectivity index (χ1n) is 4.36. The molecule has 1 aromatic carbocycles. The molecular formula is C10H14N2O2. The highest BCUT2D eigenvalue weighted by Crippen LogP contribution is 2.14. The minimum Gasteiger partial charge on any atom is -0.391 e. The summed E-state index contributed by atoms with van der Waals surface area (Å²) >= 11 is 0. The van der Waals surface area contributed by atoms with Crippen molar-refractivity contribution in [3.05, 3.63) is 35.4 Å². The highest BCUT2D eigenvalue weighted by molar-refractivity contribution is 5.92. The Hall–Kier alpha value is -1.39. The van der Waals surface area contributed by atoms with Gasteiger partial charge >= 0.3 is 0 Å². The lowest BCUT2D eigenvalue weighted by molar-refractivity contribution is 0.100. The van der Waals surface area contributed by atoms with Gasteiger partial charge in [-0.3, -0.25) is 4.79 Å². The van der Waals surface area contributed by atoms with E-state index >= 15 is 0 Å². The summed E-state index contributed by atoms with van der Waals surface area (Å²) in [7, 11) is 0. The molecule has 14 heavy (non-hydrogen) atoms. The van der Waals surface area contributed by atoms with E-state index in [-0.39, 0.29) is 0 Å². The maximum absolute atomic E-state index is 10.8. The quantitative estimate of drug-likeness (QED) is 0.640. The van der Waals surface area contributed by atoms with Crippen molar-refractivity contribution < 1.29 is 9.90 Å². The lowest BCUT2D eigenvalue weighted by Gasteiger charge is -2.14. The molecule has 2 atom stereocenters. The zero-order chi connectivity index (χ0) is 10.7. The van der Waals surface area contributed by atoms with Crippen LogP contribution in [-0.2, 0) is 0 Å². The number of hydrogen-bond acceptors (Lipinski definition) is 3. The Bertz CT molecular complexity index is 319. The molecule has 0 heterocycles. The lowest BCUT2D eigenvalue weighted by Crippen LogP contribution is -2.23. The second-order valence-electron chi connectivity index (χ2n) is 3.25. The Morgan fingerprint density at radius 3 is 2.21 bits per heavy atom. The highest BCUT2D eigenvalue weighted by atomic mass is 16.3. The molecule has 0 saturated carbocycles. The average molecular weight is 194 g/mol. The summed E-state index contributed by atoms with van der Waals surface area (Å²) < 4.78 is 0. The fourth-order valence-corrected chi connectivity index (χ4v) is 1.15. The summed E-state index contributed by atoms with van der Waals surface area (Å²) in [6, 6.07) is 6.14. The number of aliphatic hydroxyl groups excluding tert-OH is 1. The summed E-state index contributed by atoms with van der Waals surface area (Å²) in [4.78, 5) is 10.8. The molecule has 0 bridgehead atoms. The predicted octanol–water partition coefficient (Wildman–Crippen LogP) is 0.166.